The lowest BCUT2D eigenvalue weighted by molar-refractivity contribution is -0.392. The number of carbonyl (C=O) groups is 1. The number of hydrogen-bond donors (Lipinski definition) is 1. The van der Waals surface area contributed by atoms with Crippen molar-refractivity contribution in [2.75, 3.05) is 0 Å². The van der Waals surface area contributed by atoms with Crippen molar-refractivity contribution in [3.8, 4) is 0 Å². The van der Waals surface area contributed by atoms with Crippen LogP contribution in [-0.2, 0) is 31.5 Å². The molecule has 0 radical (unpaired) electrons. The van der Waals surface area contributed by atoms with Gasteiger partial charge in [0.15, 0.2) is 9.84 Å². The van der Waals surface area contributed by atoms with Gasteiger partial charge < -0.3 is 10.5 Å². The molecule has 1 aliphatic carbocycles. The molecule has 41 heavy (non-hydrogen) atoms. The van der Waals surface area contributed by atoms with E-state index >= 15 is 0 Å². The van der Waals surface area contributed by atoms with Crippen molar-refractivity contribution in [1.29, 1.82) is 0 Å². The average molecular weight is 604 g/mol. The SMILES string of the molecule is NC(=O)c1ccc(COC(c2ccc(C3(S(=O)(=O)c4ccc(F)cc4)CCCC3)cc2)(C(F)(F)F)C(F)(F)F)cc1. The van der Waals surface area contributed by atoms with Crippen molar-refractivity contribution < 1.29 is 48.7 Å². The van der Waals surface area contributed by atoms with Crippen molar-refractivity contribution in [2.24, 2.45) is 5.73 Å². The fourth-order valence-corrected chi connectivity index (χ4v) is 7.42. The number of benzene rings is 3. The van der Waals surface area contributed by atoms with E-state index in [1.165, 1.54) is 0 Å². The molecular weight excluding hydrogens is 579 g/mol. The summed E-state index contributed by atoms with van der Waals surface area (Å²) in [6, 6.07) is 11.6. The minimum absolute atomic E-state index is 0.00123. The fraction of sp³-hybridized carbons (Fsp3) is 0.321. The summed E-state index contributed by atoms with van der Waals surface area (Å²) in [6.07, 6.45) is -10.9. The highest BCUT2D eigenvalue weighted by molar-refractivity contribution is 7.92. The van der Waals surface area contributed by atoms with Gasteiger partial charge in [0, 0.05) is 11.1 Å². The molecule has 13 heteroatoms. The van der Waals surface area contributed by atoms with Gasteiger partial charge in [0.25, 0.3) is 5.60 Å². The Morgan fingerprint density at radius 1 is 0.805 bits per heavy atom. The topological polar surface area (TPSA) is 86.5 Å². The number of halogens is 7. The van der Waals surface area contributed by atoms with Crippen molar-refractivity contribution in [3.63, 3.8) is 0 Å². The second kappa shape index (κ2) is 10.8. The van der Waals surface area contributed by atoms with Gasteiger partial charge in [-0.05, 0) is 60.4 Å². The lowest BCUT2D eigenvalue weighted by Crippen LogP contribution is -2.55. The van der Waals surface area contributed by atoms with Crippen LogP contribution in [0.2, 0.25) is 0 Å². The molecule has 0 unspecified atom stereocenters. The smallest absolute Gasteiger partial charge is 0.366 e. The summed E-state index contributed by atoms with van der Waals surface area (Å²) in [7, 11) is -4.21. The van der Waals surface area contributed by atoms with Crippen molar-refractivity contribution in [1.82, 2.24) is 0 Å². The van der Waals surface area contributed by atoms with Gasteiger partial charge in [0.05, 0.1) is 11.5 Å². The van der Waals surface area contributed by atoms with Crippen LogP contribution < -0.4 is 5.73 Å². The minimum atomic E-state index is -5.97. The van der Waals surface area contributed by atoms with E-state index in [0.29, 0.717) is 25.0 Å². The summed E-state index contributed by atoms with van der Waals surface area (Å²) in [5, 5.41) is 0. The standard InChI is InChI=1S/C28H24F7NO4S/c29-22-11-13-23(14-12-22)41(38,39)25(15-1-2-16-25)20-7-9-21(10-8-20)26(27(30,31)32,28(33,34)35)40-17-18-3-5-19(6-4-18)24(36)37/h3-14H,1-2,15-17H2,(H2,36,37). The third kappa shape index (κ3) is 5.32. The molecule has 220 valence electrons. The van der Waals surface area contributed by atoms with Gasteiger partial charge in [-0.2, -0.15) is 26.3 Å². The van der Waals surface area contributed by atoms with Crippen LogP contribution in [0.5, 0.6) is 0 Å². The number of primary amides is 1. The zero-order valence-corrected chi connectivity index (χ0v) is 22.0. The molecule has 0 aromatic heterocycles. The molecule has 1 aliphatic rings. The highest BCUT2D eigenvalue weighted by Gasteiger charge is 2.73. The molecule has 3 aromatic carbocycles. The second-order valence-electron chi connectivity index (χ2n) is 9.76. The van der Waals surface area contributed by atoms with Crippen molar-refractivity contribution in [3.05, 3.63) is 101 Å². The van der Waals surface area contributed by atoms with Crippen LogP contribution in [0.15, 0.2) is 77.7 Å². The number of carbonyl (C=O) groups excluding carboxylic acids is 1. The largest absolute Gasteiger partial charge is 0.430 e. The van der Waals surface area contributed by atoms with E-state index in [1.807, 2.05) is 0 Å². The van der Waals surface area contributed by atoms with Gasteiger partial charge in [0.2, 0.25) is 5.91 Å². The van der Waals surface area contributed by atoms with Gasteiger partial charge in [-0.3, -0.25) is 4.79 Å². The Balaban J connectivity index is 1.77. The quantitative estimate of drug-likeness (QED) is 0.229. The fourth-order valence-electron chi connectivity index (χ4n) is 5.20. The normalized spacial score (nSPS) is 16.1. The molecule has 0 aliphatic heterocycles. The van der Waals surface area contributed by atoms with E-state index < -0.39 is 56.4 Å². The molecule has 0 bridgehead atoms. The van der Waals surface area contributed by atoms with Gasteiger partial charge in [0.1, 0.15) is 10.6 Å². The van der Waals surface area contributed by atoms with Crippen LogP contribution in [0.1, 0.15) is 52.7 Å². The van der Waals surface area contributed by atoms with Gasteiger partial charge in [-0.25, -0.2) is 12.8 Å². The van der Waals surface area contributed by atoms with Crippen LogP contribution in [-0.4, -0.2) is 26.7 Å². The van der Waals surface area contributed by atoms with E-state index in [4.69, 9.17) is 5.73 Å². The lowest BCUT2D eigenvalue weighted by Gasteiger charge is -2.38. The molecule has 1 amide bonds. The van der Waals surface area contributed by atoms with Crippen molar-refractivity contribution >= 4 is 15.7 Å². The Hall–Kier alpha value is -3.45. The third-order valence-electron chi connectivity index (χ3n) is 7.36. The highest BCUT2D eigenvalue weighted by atomic mass is 32.2. The van der Waals surface area contributed by atoms with Crippen LogP contribution >= 0.6 is 0 Å². The Labute approximate surface area is 231 Å². The number of nitrogens with two attached hydrogens (primary N) is 1. The summed E-state index contributed by atoms with van der Waals surface area (Å²) in [5.74, 6) is -1.51. The Bertz CT molecular complexity index is 1480. The number of ether oxygens (including phenoxy) is 1. The molecule has 2 N–H and O–H groups in total. The maximum atomic E-state index is 14.3. The van der Waals surface area contributed by atoms with Gasteiger partial charge >= 0.3 is 12.4 Å². The number of rotatable bonds is 8. The lowest BCUT2D eigenvalue weighted by atomic mass is 9.88. The molecule has 0 saturated heterocycles. The maximum absolute atomic E-state index is 14.3. The maximum Gasteiger partial charge on any atom is 0.430 e. The number of alkyl halides is 6. The number of sulfone groups is 1. The predicted octanol–water partition coefficient (Wildman–Crippen LogP) is 6.70. The number of amides is 1. The summed E-state index contributed by atoms with van der Waals surface area (Å²) in [5.41, 5.74) is -0.998. The van der Waals surface area contributed by atoms with E-state index in [2.05, 4.69) is 4.74 Å². The van der Waals surface area contributed by atoms with E-state index in [0.717, 1.165) is 60.7 Å². The van der Waals surface area contributed by atoms with E-state index in [-0.39, 0.29) is 34.4 Å². The predicted molar refractivity (Wildman–Crippen MR) is 134 cm³/mol. The first-order valence-corrected chi connectivity index (χ1v) is 13.8. The zero-order chi connectivity index (χ0) is 30.3. The molecule has 3 aromatic rings. The molecule has 0 heterocycles. The molecule has 1 saturated carbocycles. The highest BCUT2D eigenvalue weighted by Crippen LogP contribution is 2.54. The Kier molecular flexibility index (Phi) is 8.00. The van der Waals surface area contributed by atoms with E-state index in [1.54, 1.807) is 0 Å². The third-order valence-corrected chi connectivity index (χ3v) is 9.92. The monoisotopic (exact) mass is 603 g/mol. The zero-order valence-electron chi connectivity index (χ0n) is 21.2. The average Bonchev–Trinajstić information content (AvgIpc) is 3.40. The summed E-state index contributed by atoms with van der Waals surface area (Å²) < 4.78 is 130. The molecular formula is C28H24F7NO4S. The molecule has 1 fully saturated rings. The summed E-state index contributed by atoms with van der Waals surface area (Å²) >= 11 is 0. The first-order chi connectivity index (χ1) is 19.0. The first-order valence-electron chi connectivity index (χ1n) is 12.3. The van der Waals surface area contributed by atoms with Crippen LogP contribution in [0.3, 0.4) is 0 Å². The van der Waals surface area contributed by atoms with Crippen LogP contribution in [0, 0.1) is 5.82 Å². The van der Waals surface area contributed by atoms with Crippen molar-refractivity contribution in [2.45, 2.75) is 59.9 Å². The molecule has 4 rings (SSSR count). The summed E-state index contributed by atoms with van der Waals surface area (Å²) in [6.45, 7) is -1.12. The first kappa shape index (κ1) is 30.5. The van der Waals surface area contributed by atoms with Crippen LogP contribution in [0.4, 0.5) is 30.7 Å². The molecule has 0 atom stereocenters. The van der Waals surface area contributed by atoms with Gasteiger partial charge in [-0.1, -0.05) is 49.2 Å². The van der Waals surface area contributed by atoms with Crippen LogP contribution in [0.25, 0.3) is 0 Å². The van der Waals surface area contributed by atoms with E-state index in [9.17, 15) is 43.9 Å². The Morgan fingerprint density at radius 2 is 1.32 bits per heavy atom. The molecule has 0 spiro atoms. The Morgan fingerprint density at radius 3 is 1.78 bits per heavy atom. The molecule has 5 nitrogen and oxygen atoms in total. The summed E-state index contributed by atoms with van der Waals surface area (Å²) in [4.78, 5) is 11.0. The minimum Gasteiger partial charge on any atom is -0.366 e. The van der Waals surface area contributed by atoms with Gasteiger partial charge in [-0.15, -0.1) is 0 Å². The second-order valence-corrected chi connectivity index (χ2v) is 12.0. The number of hydrogen-bond acceptors (Lipinski definition) is 4.